The summed E-state index contributed by atoms with van der Waals surface area (Å²) in [6.07, 6.45) is 0.498. The number of aromatic nitrogens is 3. The fraction of sp³-hybridized carbons (Fsp3) is 0.160. The van der Waals surface area contributed by atoms with Crippen molar-refractivity contribution in [3.63, 3.8) is 0 Å². The van der Waals surface area contributed by atoms with Crippen molar-refractivity contribution >= 4 is 9.84 Å². The Balaban J connectivity index is 1.71. The summed E-state index contributed by atoms with van der Waals surface area (Å²) in [5.41, 5.74) is 9.32. The van der Waals surface area contributed by atoms with Crippen LogP contribution in [0.5, 0.6) is 0 Å². The molecule has 33 heavy (non-hydrogen) atoms. The van der Waals surface area contributed by atoms with Gasteiger partial charge in [-0.25, -0.2) is 8.42 Å². The van der Waals surface area contributed by atoms with Crippen LogP contribution < -0.4 is 5.73 Å². The van der Waals surface area contributed by atoms with E-state index in [4.69, 9.17) is 11.0 Å². The predicted octanol–water partition coefficient (Wildman–Crippen LogP) is 3.41. The Hall–Kier alpha value is -3.80. The van der Waals surface area contributed by atoms with Crippen LogP contribution in [-0.2, 0) is 28.6 Å². The molecule has 4 rings (SSSR count). The lowest BCUT2D eigenvalue weighted by Crippen LogP contribution is -2.22. The topological polar surface area (TPSA) is 115 Å². The van der Waals surface area contributed by atoms with E-state index in [0.717, 1.165) is 11.1 Å². The van der Waals surface area contributed by atoms with Crippen LogP contribution in [0.4, 0.5) is 0 Å². The highest BCUT2D eigenvalue weighted by molar-refractivity contribution is 7.90. The van der Waals surface area contributed by atoms with Gasteiger partial charge in [-0.1, -0.05) is 72.8 Å². The van der Waals surface area contributed by atoms with Crippen molar-refractivity contribution in [1.82, 2.24) is 14.8 Å². The van der Waals surface area contributed by atoms with E-state index in [0.29, 0.717) is 23.4 Å². The highest BCUT2D eigenvalue weighted by Gasteiger charge is 2.28. The summed E-state index contributed by atoms with van der Waals surface area (Å²) in [7, 11) is -3.85. The first-order valence-corrected chi connectivity index (χ1v) is 12.1. The van der Waals surface area contributed by atoms with Crippen LogP contribution in [0.2, 0.25) is 0 Å². The van der Waals surface area contributed by atoms with E-state index in [2.05, 4.69) is 10.2 Å². The van der Waals surface area contributed by atoms with Gasteiger partial charge < -0.3 is 5.73 Å². The lowest BCUT2D eigenvalue weighted by Gasteiger charge is -2.15. The molecule has 1 heterocycles. The van der Waals surface area contributed by atoms with Gasteiger partial charge in [-0.15, -0.1) is 10.2 Å². The van der Waals surface area contributed by atoms with Crippen LogP contribution in [0, 0.1) is 11.3 Å². The maximum absolute atomic E-state index is 13.4. The third-order valence-corrected chi connectivity index (χ3v) is 6.82. The molecule has 4 aromatic rings. The Kier molecular flexibility index (Phi) is 6.63. The van der Waals surface area contributed by atoms with Crippen molar-refractivity contribution in [1.29, 1.82) is 5.26 Å². The maximum atomic E-state index is 13.4. The van der Waals surface area contributed by atoms with Crippen molar-refractivity contribution in [3.8, 4) is 6.07 Å². The van der Waals surface area contributed by atoms with Crippen molar-refractivity contribution < 1.29 is 8.42 Å². The number of benzene rings is 3. The molecule has 1 aromatic heterocycles. The lowest BCUT2D eigenvalue weighted by atomic mass is 10.1. The van der Waals surface area contributed by atoms with E-state index in [1.54, 1.807) is 28.8 Å². The molecule has 8 heteroatoms. The zero-order valence-corrected chi connectivity index (χ0v) is 18.7. The number of nitriles is 1. The highest BCUT2D eigenvalue weighted by Crippen LogP contribution is 2.22. The fourth-order valence-electron chi connectivity index (χ4n) is 3.69. The third-order valence-electron chi connectivity index (χ3n) is 5.25. The van der Waals surface area contributed by atoms with Crippen LogP contribution in [-0.4, -0.2) is 23.2 Å². The summed E-state index contributed by atoms with van der Waals surface area (Å²) in [4.78, 5) is 0. The Morgan fingerprint density at radius 2 is 1.52 bits per heavy atom. The Morgan fingerprint density at radius 1 is 0.879 bits per heavy atom. The number of sulfone groups is 1. The molecule has 0 unspecified atom stereocenters. The number of hydrogen-bond acceptors (Lipinski definition) is 6. The SMILES string of the molecule is N#Cc1cccc(CS(=O)(=O)c2nnc([C@@H](N)Cc3ccccc3)n2Cc2ccccc2)c1. The zero-order chi connectivity index (χ0) is 23.3. The van der Waals surface area contributed by atoms with Crippen molar-refractivity contribution in [2.45, 2.75) is 29.9 Å². The summed E-state index contributed by atoms with van der Waals surface area (Å²) in [5.74, 6) is 0.121. The second-order valence-electron chi connectivity index (χ2n) is 7.78. The molecule has 7 nitrogen and oxygen atoms in total. The van der Waals surface area contributed by atoms with Gasteiger partial charge in [-0.2, -0.15) is 5.26 Å². The van der Waals surface area contributed by atoms with E-state index in [-0.39, 0.29) is 17.5 Å². The molecule has 0 radical (unpaired) electrons. The van der Waals surface area contributed by atoms with Gasteiger partial charge in [0, 0.05) is 0 Å². The quantitative estimate of drug-likeness (QED) is 0.434. The van der Waals surface area contributed by atoms with Gasteiger partial charge in [0.05, 0.1) is 30.0 Å². The molecule has 0 spiro atoms. The summed E-state index contributed by atoms with van der Waals surface area (Å²) >= 11 is 0. The van der Waals surface area contributed by atoms with Gasteiger partial charge in [0.2, 0.25) is 15.0 Å². The van der Waals surface area contributed by atoms with Gasteiger partial charge in [-0.3, -0.25) is 4.57 Å². The first-order chi connectivity index (χ1) is 16.0. The van der Waals surface area contributed by atoms with Crippen LogP contribution >= 0.6 is 0 Å². The first-order valence-electron chi connectivity index (χ1n) is 10.4. The lowest BCUT2D eigenvalue weighted by molar-refractivity contribution is 0.553. The molecule has 0 bridgehead atoms. The Labute approximate surface area is 193 Å². The molecule has 0 aliphatic carbocycles. The minimum atomic E-state index is -3.85. The summed E-state index contributed by atoms with van der Waals surface area (Å²) < 4.78 is 28.3. The molecule has 166 valence electrons. The average molecular weight is 458 g/mol. The van der Waals surface area contributed by atoms with Crippen molar-refractivity contribution in [3.05, 3.63) is 113 Å². The molecule has 0 saturated carbocycles. The zero-order valence-electron chi connectivity index (χ0n) is 17.9. The van der Waals surface area contributed by atoms with E-state index in [1.165, 1.54) is 0 Å². The van der Waals surface area contributed by atoms with Gasteiger partial charge in [-0.05, 0) is 35.2 Å². The molecule has 3 aromatic carbocycles. The molecular formula is C25H23N5O2S. The molecule has 0 fully saturated rings. The molecule has 2 N–H and O–H groups in total. The summed E-state index contributed by atoms with van der Waals surface area (Å²) in [5, 5.41) is 17.3. The molecule has 0 aliphatic rings. The Morgan fingerprint density at radius 3 is 2.18 bits per heavy atom. The normalized spacial score (nSPS) is 12.2. The van der Waals surface area contributed by atoms with Crippen LogP contribution in [0.25, 0.3) is 0 Å². The van der Waals surface area contributed by atoms with E-state index < -0.39 is 15.9 Å². The molecule has 0 saturated heterocycles. The number of hydrogen-bond donors (Lipinski definition) is 1. The summed E-state index contributed by atoms with van der Waals surface area (Å²) in [6.45, 7) is 0.276. The third kappa shape index (κ3) is 5.34. The molecular weight excluding hydrogens is 434 g/mol. The van der Waals surface area contributed by atoms with Crippen molar-refractivity contribution in [2.75, 3.05) is 0 Å². The smallest absolute Gasteiger partial charge is 0.250 e. The van der Waals surface area contributed by atoms with E-state index in [9.17, 15) is 8.42 Å². The molecule has 0 aliphatic heterocycles. The van der Waals surface area contributed by atoms with Gasteiger partial charge >= 0.3 is 0 Å². The van der Waals surface area contributed by atoms with Crippen molar-refractivity contribution in [2.24, 2.45) is 5.73 Å². The Bertz CT molecular complexity index is 1380. The van der Waals surface area contributed by atoms with Crippen LogP contribution in [0.15, 0.2) is 90.1 Å². The van der Waals surface area contributed by atoms with Crippen LogP contribution in [0.1, 0.15) is 34.1 Å². The molecule has 0 amide bonds. The van der Waals surface area contributed by atoms with E-state index in [1.807, 2.05) is 66.7 Å². The highest BCUT2D eigenvalue weighted by atomic mass is 32.2. The number of nitrogens with two attached hydrogens (primary N) is 1. The molecule has 1 atom stereocenters. The van der Waals surface area contributed by atoms with E-state index >= 15 is 0 Å². The maximum Gasteiger partial charge on any atom is 0.250 e. The van der Waals surface area contributed by atoms with Gasteiger partial charge in [0.15, 0.2) is 5.82 Å². The number of rotatable bonds is 8. The standard InChI is InChI=1S/C25H23N5O2S/c26-16-21-12-7-13-22(14-21)18-33(31,32)25-29-28-24(23(27)15-19-8-3-1-4-9-19)30(25)17-20-10-5-2-6-11-20/h1-14,23H,15,17-18,27H2/t23-/m0/s1. The van der Waals surface area contributed by atoms with Crippen LogP contribution in [0.3, 0.4) is 0 Å². The average Bonchev–Trinajstić information content (AvgIpc) is 3.25. The predicted molar refractivity (Wildman–Crippen MR) is 125 cm³/mol. The largest absolute Gasteiger partial charge is 0.321 e. The fourth-order valence-corrected chi connectivity index (χ4v) is 5.10. The minimum absolute atomic E-state index is 0.132. The van der Waals surface area contributed by atoms with Gasteiger partial charge in [0.1, 0.15) is 0 Å². The monoisotopic (exact) mass is 457 g/mol. The first kappa shape index (κ1) is 22.4. The minimum Gasteiger partial charge on any atom is -0.321 e. The van der Waals surface area contributed by atoms with Gasteiger partial charge in [0.25, 0.3) is 0 Å². The number of nitrogens with zero attached hydrogens (tertiary/aromatic N) is 4. The second-order valence-corrected chi connectivity index (χ2v) is 9.66. The second kappa shape index (κ2) is 9.77. The summed E-state index contributed by atoms with van der Waals surface area (Å²) in [6, 6.07) is 27.3.